The molecule has 0 saturated carbocycles. The van der Waals surface area contributed by atoms with Crippen molar-refractivity contribution in [1.82, 2.24) is 5.32 Å². The molecular formula is C16H27FN2. The minimum absolute atomic E-state index is 0.120. The average Bonchev–Trinajstić information content (AvgIpc) is 2.40. The smallest absolute Gasteiger partial charge is 0.146 e. The van der Waals surface area contributed by atoms with Crippen molar-refractivity contribution in [2.24, 2.45) is 0 Å². The lowest BCUT2D eigenvalue weighted by molar-refractivity contribution is 0.564. The van der Waals surface area contributed by atoms with Gasteiger partial charge in [0.15, 0.2) is 0 Å². The van der Waals surface area contributed by atoms with Gasteiger partial charge in [0.25, 0.3) is 0 Å². The van der Waals surface area contributed by atoms with E-state index in [2.05, 4.69) is 31.0 Å². The third-order valence-corrected chi connectivity index (χ3v) is 3.64. The van der Waals surface area contributed by atoms with Gasteiger partial charge in [-0.3, -0.25) is 0 Å². The minimum atomic E-state index is -0.120. The summed E-state index contributed by atoms with van der Waals surface area (Å²) in [6.07, 6.45) is 3.16. The molecule has 0 radical (unpaired) electrons. The van der Waals surface area contributed by atoms with Gasteiger partial charge < -0.3 is 10.2 Å². The first-order chi connectivity index (χ1) is 9.13. The van der Waals surface area contributed by atoms with Crippen LogP contribution in [-0.4, -0.2) is 19.6 Å². The molecule has 0 saturated heterocycles. The van der Waals surface area contributed by atoms with Crippen LogP contribution < -0.4 is 10.2 Å². The Bertz CT molecular complexity index is 375. The van der Waals surface area contributed by atoms with Crippen LogP contribution in [0.1, 0.15) is 45.6 Å². The third kappa shape index (κ3) is 4.50. The van der Waals surface area contributed by atoms with Gasteiger partial charge in [-0.05, 0) is 43.5 Å². The first-order valence-electron chi connectivity index (χ1n) is 7.35. The first kappa shape index (κ1) is 16.0. The van der Waals surface area contributed by atoms with Crippen LogP contribution in [-0.2, 0) is 6.54 Å². The summed E-state index contributed by atoms with van der Waals surface area (Å²) < 4.78 is 14.2. The molecule has 0 aromatic heterocycles. The number of hydrogen-bond acceptors (Lipinski definition) is 2. The molecule has 1 aromatic rings. The Morgan fingerprint density at radius 3 is 2.42 bits per heavy atom. The second kappa shape index (κ2) is 8.16. The highest BCUT2D eigenvalue weighted by atomic mass is 19.1. The van der Waals surface area contributed by atoms with Gasteiger partial charge in [-0.15, -0.1) is 0 Å². The van der Waals surface area contributed by atoms with E-state index in [1.165, 1.54) is 0 Å². The maximum atomic E-state index is 14.2. The summed E-state index contributed by atoms with van der Waals surface area (Å²) in [5.41, 5.74) is 1.71. The largest absolute Gasteiger partial charge is 0.369 e. The van der Waals surface area contributed by atoms with Crippen LogP contribution in [0.2, 0.25) is 0 Å². The minimum Gasteiger partial charge on any atom is -0.369 e. The van der Waals surface area contributed by atoms with Crippen molar-refractivity contribution >= 4 is 5.69 Å². The summed E-state index contributed by atoms with van der Waals surface area (Å²) in [4.78, 5) is 2.05. The van der Waals surface area contributed by atoms with Crippen molar-refractivity contribution in [3.8, 4) is 0 Å². The van der Waals surface area contributed by atoms with Crippen molar-refractivity contribution in [3.63, 3.8) is 0 Å². The van der Waals surface area contributed by atoms with Gasteiger partial charge in [0.2, 0.25) is 0 Å². The van der Waals surface area contributed by atoms with Crippen LogP contribution in [0.15, 0.2) is 18.2 Å². The Labute approximate surface area is 117 Å². The summed E-state index contributed by atoms with van der Waals surface area (Å²) in [6, 6.07) is 5.96. The van der Waals surface area contributed by atoms with E-state index in [0.29, 0.717) is 11.7 Å². The van der Waals surface area contributed by atoms with Crippen molar-refractivity contribution in [3.05, 3.63) is 29.6 Å². The molecule has 3 heteroatoms. The molecule has 0 aliphatic heterocycles. The van der Waals surface area contributed by atoms with Gasteiger partial charge in [-0.1, -0.05) is 26.8 Å². The monoisotopic (exact) mass is 266 g/mol. The first-order valence-corrected chi connectivity index (χ1v) is 7.35. The standard InChI is InChI=1S/C16H27FN2/c1-5-10-18-12-13-8-9-16(15(17)11-13)19(4)14(6-2)7-3/h8-9,11,14,18H,5-7,10,12H2,1-4H3. The zero-order valence-corrected chi connectivity index (χ0v) is 12.7. The molecule has 0 heterocycles. The SMILES string of the molecule is CCCNCc1ccc(N(C)C(CC)CC)c(F)c1. The molecule has 0 spiro atoms. The summed E-state index contributed by atoms with van der Waals surface area (Å²) >= 11 is 0. The molecule has 1 aromatic carbocycles. The van der Waals surface area contributed by atoms with E-state index >= 15 is 0 Å². The number of anilines is 1. The molecule has 108 valence electrons. The molecule has 2 nitrogen and oxygen atoms in total. The topological polar surface area (TPSA) is 15.3 Å². The zero-order valence-electron chi connectivity index (χ0n) is 12.7. The quantitative estimate of drug-likeness (QED) is 0.717. The van der Waals surface area contributed by atoms with Gasteiger partial charge in [-0.2, -0.15) is 0 Å². The van der Waals surface area contributed by atoms with E-state index in [9.17, 15) is 4.39 Å². The van der Waals surface area contributed by atoms with Crippen molar-refractivity contribution < 1.29 is 4.39 Å². The normalized spacial score (nSPS) is 11.1. The van der Waals surface area contributed by atoms with Crippen molar-refractivity contribution in [2.45, 2.75) is 52.6 Å². The maximum absolute atomic E-state index is 14.2. The Morgan fingerprint density at radius 2 is 1.89 bits per heavy atom. The average molecular weight is 266 g/mol. The lowest BCUT2D eigenvalue weighted by Crippen LogP contribution is -2.31. The fraction of sp³-hybridized carbons (Fsp3) is 0.625. The lowest BCUT2D eigenvalue weighted by atomic mass is 10.1. The van der Waals surface area contributed by atoms with E-state index in [1.54, 1.807) is 6.07 Å². The molecule has 0 bridgehead atoms. The predicted molar refractivity (Wildman–Crippen MR) is 81.2 cm³/mol. The van der Waals surface area contributed by atoms with E-state index in [4.69, 9.17) is 0 Å². The van der Waals surface area contributed by atoms with Crippen LogP contribution in [0.5, 0.6) is 0 Å². The highest BCUT2D eigenvalue weighted by Gasteiger charge is 2.14. The Morgan fingerprint density at radius 1 is 1.21 bits per heavy atom. The molecule has 1 N–H and O–H groups in total. The number of nitrogens with one attached hydrogen (secondary N) is 1. The fourth-order valence-corrected chi connectivity index (χ4v) is 2.39. The van der Waals surface area contributed by atoms with E-state index in [-0.39, 0.29) is 5.82 Å². The van der Waals surface area contributed by atoms with Gasteiger partial charge >= 0.3 is 0 Å². The van der Waals surface area contributed by atoms with Crippen LogP contribution in [0.4, 0.5) is 10.1 Å². The number of benzene rings is 1. The number of nitrogens with zero attached hydrogens (tertiary/aromatic N) is 1. The van der Waals surface area contributed by atoms with E-state index < -0.39 is 0 Å². The third-order valence-electron chi connectivity index (χ3n) is 3.64. The molecule has 19 heavy (non-hydrogen) atoms. The molecule has 0 aliphatic rings. The van der Waals surface area contributed by atoms with Crippen LogP contribution in [0.25, 0.3) is 0 Å². The van der Waals surface area contributed by atoms with Crippen LogP contribution in [0, 0.1) is 5.82 Å². The van der Waals surface area contributed by atoms with E-state index in [0.717, 1.165) is 37.9 Å². The summed E-state index contributed by atoms with van der Waals surface area (Å²) in [5.74, 6) is -0.120. The molecule has 1 rings (SSSR count). The van der Waals surface area contributed by atoms with Crippen LogP contribution >= 0.6 is 0 Å². The number of hydrogen-bond donors (Lipinski definition) is 1. The molecule has 0 amide bonds. The second-order valence-corrected chi connectivity index (χ2v) is 5.04. The van der Waals surface area contributed by atoms with Crippen molar-refractivity contribution in [2.75, 3.05) is 18.5 Å². The molecular weight excluding hydrogens is 239 g/mol. The number of halogens is 1. The van der Waals surface area contributed by atoms with Gasteiger partial charge in [0, 0.05) is 19.6 Å². The highest BCUT2D eigenvalue weighted by molar-refractivity contribution is 5.49. The van der Waals surface area contributed by atoms with Gasteiger partial charge in [-0.25, -0.2) is 4.39 Å². The van der Waals surface area contributed by atoms with Gasteiger partial charge in [0.1, 0.15) is 5.82 Å². The molecule has 0 aliphatic carbocycles. The predicted octanol–water partition coefficient (Wildman–Crippen LogP) is 3.95. The molecule has 0 atom stereocenters. The summed E-state index contributed by atoms with van der Waals surface area (Å²) in [6.45, 7) is 8.12. The Balaban J connectivity index is 2.76. The van der Waals surface area contributed by atoms with Crippen molar-refractivity contribution in [1.29, 1.82) is 0 Å². The fourth-order valence-electron chi connectivity index (χ4n) is 2.39. The molecule has 0 fully saturated rings. The highest BCUT2D eigenvalue weighted by Crippen LogP contribution is 2.23. The lowest BCUT2D eigenvalue weighted by Gasteiger charge is -2.29. The second-order valence-electron chi connectivity index (χ2n) is 5.04. The summed E-state index contributed by atoms with van der Waals surface area (Å²) in [7, 11) is 1.98. The summed E-state index contributed by atoms with van der Waals surface area (Å²) in [5, 5.41) is 3.29. The zero-order chi connectivity index (χ0) is 14.3. The Kier molecular flexibility index (Phi) is 6.85. The Hall–Kier alpha value is -1.09. The van der Waals surface area contributed by atoms with E-state index in [1.807, 2.05) is 19.2 Å². The molecule has 0 unspecified atom stereocenters. The van der Waals surface area contributed by atoms with Gasteiger partial charge in [0.05, 0.1) is 5.69 Å². The van der Waals surface area contributed by atoms with Crippen LogP contribution in [0.3, 0.4) is 0 Å². The maximum Gasteiger partial charge on any atom is 0.146 e. The number of rotatable bonds is 8.